The number of carboxylic acids is 1. The number of halogens is 1. The van der Waals surface area contributed by atoms with Crippen molar-refractivity contribution in [3.05, 3.63) is 29.8 Å². The van der Waals surface area contributed by atoms with Crippen LogP contribution in [0.2, 0.25) is 0 Å². The molecule has 106 valence electrons. The minimum Gasteiger partial charge on any atom is -0.492 e. The van der Waals surface area contributed by atoms with Crippen LogP contribution in [0.5, 0.6) is 5.75 Å². The molecule has 0 amide bonds. The minimum absolute atomic E-state index is 0. The number of ether oxygens (including phenoxy) is 1. The van der Waals surface area contributed by atoms with E-state index in [-0.39, 0.29) is 23.7 Å². The van der Waals surface area contributed by atoms with Gasteiger partial charge in [-0.1, -0.05) is 6.42 Å². The Morgan fingerprint density at radius 1 is 1.26 bits per heavy atom. The first kappa shape index (κ1) is 10.5. The number of rotatable bonds is 5. The number of likely N-dealkylation sites (tertiary alicyclic amines) is 1. The number of hydrogen-bond donors (Lipinski definition) is 1. The van der Waals surface area contributed by atoms with Crippen LogP contribution < -0.4 is 4.74 Å². The maximum Gasteiger partial charge on any atom is 0.335 e. The molecule has 0 aromatic heterocycles. The van der Waals surface area contributed by atoms with Crippen molar-refractivity contribution in [1.29, 1.82) is 0 Å². The summed E-state index contributed by atoms with van der Waals surface area (Å²) in [4.78, 5) is 12.2. The van der Waals surface area contributed by atoms with Crippen molar-refractivity contribution in [3.63, 3.8) is 0 Å². The summed E-state index contributed by atoms with van der Waals surface area (Å²) in [5, 5.41) is 8.83. The summed E-state index contributed by atoms with van der Waals surface area (Å²) in [7, 11) is 0. The number of hydrogen-bond acceptors (Lipinski definition) is 3. The lowest BCUT2D eigenvalue weighted by Gasteiger charge is -2.26. The first-order chi connectivity index (χ1) is 10.2. The smallest absolute Gasteiger partial charge is 0.335 e. The first-order valence-electron chi connectivity index (χ1n) is 8.01. The molecule has 1 N–H and O–H groups in total. The van der Waals surface area contributed by atoms with Crippen LogP contribution in [0.15, 0.2) is 24.3 Å². The Kier molecular flexibility index (Phi) is 4.44. The number of carboxylic acid groups (broad SMARTS) is 1. The molecule has 0 unspecified atom stereocenters. The third-order valence-electron chi connectivity index (χ3n) is 2.83. The van der Waals surface area contributed by atoms with E-state index in [4.69, 9.17) is 15.3 Å². The molecule has 2 rings (SSSR count). The van der Waals surface area contributed by atoms with Crippen molar-refractivity contribution < 1.29 is 20.1 Å². The van der Waals surface area contributed by atoms with Crippen molar-refractivity contribution in [1.82, 2.24) is 4.90 Å². The second kappa shape index (κ2) is 8.02. The van der Waals surface area contributed by atoms with Crippen molar-refractivity contribution in [3.8, 4) is 5.75 Å². The van der Waals surface area contributed by atoms with E-state index in [0.717, 1.165) is 19.3 Å². The molecule has 0 spiro atoms. The summed E-state index contributed by atoms with van der Waals surface area (Å²) in [6.07, 6.45) is 2.69. The molecule has 1 saturated heterocycles. The van der Waals surface area contributed by atoms with Crippen LogP contribution in [0.25, 0.3) is 0 Å². The predicted octanol–water partition coefficient (Wildman–Crippen LogP) is 2.67. The van der Waals surface area contributed by atoms with Gasteiger partial charge in [-0.3, -0.25) is 4.90 Å². The van der Waals surface area contributed by atoms with Gasteiger partial charge >= 0.3 is 5.97 Å². The zero-order chi connectivity index (χ0) is 16.4. The van der Waals surface area contributed by atoms with E-state index in [1.807, 2.05) is 0 Å². The van der Waals surface area contributed by atoms with E-state index in [2.05, 4.69) is 0 Å². The molecule has 0 saturated carbocycles. The standard InChI is InChI=1S/C14H19NO3.ClH/c16-14(17)12-4-6-13(7-5-12)18-11-10-15-8-2-1-3-9-15;/h4-7H,1-3,8-11H2,(H,16,17);1H/i10D2,11D2;. The SMILES string of the molecule is Cl.[2H]C([2H])(Oc1ccc(C(=O)O)cc1)C([2H])([2H])N1CCCCC1. The Balaban J connectivity index is 0.00000264. The van der Waals surface area contributed by atoms with Crippen LogP contribution in [0.1, 0.15) is 35.1 Å². The minimum atomic E-state index is -2.55. The summed E-state index contributed by atoms with van der Waals surface area (Å²) in [6, 6.07) is 5.25. The normalized spacial score (nSPS) is 20.2. The van der Waals surface area contributed by atoms with Crippen molar-refractivity contribution >= 4 is 18.4 Å². The highest BCUT2D eigenvalue weighted by Crippen LogP contribution is 2.13. The van der Waals surface area contributed by atoms with Gasteiger partial charge in [0.15, 0.2) is 0 Å². The maximum absolute atomic E-state index is 10.8. The number of benzene rings is 1. The molecule has 1 aromatic rings. The van der Waals surface area contributed by atoms with E-state index in [1.54, 1.807) is 0 Å². The van der Waals surface area contributed by atoms with Gasteiger partial charge in [0.25, 0.3) is 0 Å². The van der Waals surface area contributed by atoms with Gasteiger partial charge in [0.2, 0.25) is 0 Å². The lowest BCUT2D eigenvalue weighted by atomic mass is 10.1. The Hall–Kier alpha value is -1.26. The zero-order valence-electron chi connectivity index (χ0n) is 14.5. The molecule has 1 aliphatic rings. The maximum atomic E-state index is 10.8. The van der Waals surface area contributed by atoms with E-state index in [9.17, 15) is 4.79 Å². The Bertz CT molecular complexity index is 533. The van der Waals surface area contributed by atoms with Crippen LogP contribution in [0.3, 0.4) is 0 Å². The molecule has 0 atom stereocenters. The quantitative estimate of drug-likeness (QED) is 0.905. The van der Waals surface area contributed by atoms with Crippen LogP contribution >= 0.6 is 12.4 Å². The van der Waals surface area contributed by atoms with E-state index in [1.165, 1.54) is 29.2 Å². The fourth-order valence-corrected chi connectivity index (χ4v) is 1.82. The van der Waals surface area contributed by atoms with Crippen molar-refractivity contribution in [2.24, 2.45) is 0 Å². The van der Waals surface area contributed by atoms with Crippen LogP contribution in [0, 0.1) is 0 Å². The lowest BCUT2D eigenvalue weighted by Crippen LogP contribution is -2.33. The van der Waals surface area contributed by atoms with Gasteiger partial charge < -0.3 is 9.84 Å². The Morgan fingerprint density at radius 3 is 2.47 bits per heavy atom. The fourth-order valence-electron chi connectivity index (χ4n) is 1.82. The summed E-state index contributed by atoms with van der Waals surface area (Å²) < 4.78 is 37.2. The predicted molar refractivity (Wildman–Crippen MR) is 76.4 cm³/mol. The molecule has 19 heavy (non-hydrogen) atoms. The Labute approximate surface area is 125 Å². The highest BCUT2D eigenvalue weighted by atomic mass is 35.5. The third kappa shape index (κ3) is 5.09. The van der Waals surface area contributed by atoms with Crippen LogP contribution in [0.4, 0.5) is 0 Å². The van der Waals surface area contributed by atoms with Crippen molar-refractivity contribution in [2.75, 3.05) is 26.1 Å². The fraction of sp³-hybridized carbons (Fsp3) is 0.500. The molecule has 4 nitrogen and oxygen atoms in total. The van der Waals surface area contributed by atoms with Gasteiger partial charge in [-0.15, -0.1) is 12.4 Å². The third-order valence-corrected chi connectivity index (χ3v) is 2.83. The van der Waals surface area contributed by atoms with E-state index in [0.29, 0.717) is 13.1 Å². The van der Waals surface area contributed by atoms with Gasteiger partial charge in [0.05, 0.1) is 8.30 Å². The number of aromatic carboxylic acids is 1. The average molecular weight is 290 g/mol. The number of carbonyl (C=O) groups is 1. The second-order valence-corrected chi connectivity index (χ2v) is 4.19. The molecular weight excluding hydrogens is 266 g/mol. The summed E-state index contributed by atoms with van der Waals surface area (Å²) in [5.41, 5.74) is 0.0620. The molecule has 1 aliphatic heterocycles. The van der Waals surface area contributed by atoms with Gasteiger partial charge in [0, 0.05) is 9.24 Å². The zero-order valence-corrected chi connectivity index (χ0v) is 11.3. The number of piperidine rings is 1. The van der Waals surface area contributed by atoms with Crippen molar-refractivity contribution in [2.45, 2.75) is 19.3 Å². The molecule has 0 bridgehead atoms. The highest BCUT2D eigenvalue weighted by Gasteiger charge is 2.09. The van der Waals surface area contributed by atoms with E-state index >= 15 is 0 Å². The largest absolute Gasteiger partial charge is 0.492 e. The summed E-state index contributed by atoms with van der Waals surface area (Å²) in [5.74, 6) is -0.992. The molecule has 0 radical (unpaired) electrons. The van der Waals surface area contributed by atoms with Gasteiger partial charge in [-0.05, 0) is 50.2 Å². The van der Waals surface area contributed by atoms with Crippen LogP contribution in [-0.4, -0.2) is 42.1 Å². The topological polar surface area (TPSA) is 49.8 Å². The molecule has 0 aliphatic carbocycles. The molecule has 1 fully saturated rings. The highest BCUT2D eigenvalue weighted by molar-refractivity contribution is 5.87. The van der Waals surface area contributed by atoms with Gasteiger partial charge in [-0.2, -0.15) is 0 Å². The van der Waals surface area contributed by atoms with E-state index < -0.39 is 19.0 Å². The summed E-state index contributed by atoms with van der Waals surface area (Å²) in [6.45, 7) is -3.82. The molecule has 5 heteroatoms. The Morgan fingerprint density at radius 2 is 1.89 bits per heavy atom. The first-order valence-corrected chi connectivity index (χ1v) is 6.01. The van der Waals surface area contributed by atoms with Crippen LogP contribution in [-0.2, 0) is 0 Å². The van der Waals surface area contributed by atoms with Gasteiger partial charge in [0.1, 0.15) is 12.3 Å². The monoisotopic (exact) mass is 289 g/mol. The molecule has 1 aromatic carbocycles. The molecule has 1 heterocycles. The number of nitrogens with zero attached hydrogens (tertiary/aromatic N) is 1. The average Bonchev–Trinajstić information content (AvgIpc) is 2.48. The lowest BCUT2D eigenvalue weighted by molar-refractivity contribution is 0.0697. The summed E-state index contributed by atoms with van der Waals surface area (Å²) >= 11 is 0. The van der Waals surface area contributed by atoms with Gasteiger partial charge in [-0.25, -0.2) is 4.79 Å². The molecular formula is C14H20ClNO3. The second-order valence-electron chi connectivity index (χ2n) is 4.19.